The lowest BCUT2D eigenvalue weighted by Gasteiger charge is -2.10. The van der Waals surface area contributed by atoms with Gasteiger partial charge in [-0.2, -0.15) is 0 Å². The van der Waals surface area contributed by atoms with Crippen molar-refractivity contribution >= 4 is 11.8 Å². The van der Waals surface area contributed by atoms with E-state index in [4.69, 9.17) is 5.11 Å². The molecule has 0 bridgehead atoms. The van der Waals surface area contributed by atoms with Gasteiger partial charge in [0.25, 0.3) is 0 Å². The molecule has 92 valence electrons. The number of carbonyl (C=O) groups is 2. The molecule has 2 aromatic rings. The molecule has 1 aromatic carbocycles. The average Bonchev–Trinajstić information content (AvgIpc) is 2.85. The lowest BCUT2D eigenvalue weighted by Crippen LogP contribution is -2.16. The molecule has 0 amide bonds. The van der Waals surface area contributed by atoms with Crippen LogP contribution < -0.4 is 0 Å². The molecule has 0 unspecified atom stereocenters. The van der Waals surface area contributed by atoms with Crippen molar-refractivity contribution in [3.63, 3.8) is 0 Å². The summed E-state index contributed by atoms with van der Waals surface area (Å²) in [5, 5.41) is 8.62. The number of hydrogen-bond acceptors (Lipinski definition) is 3. The van der Waals surface area contributed by atoms with Crippen molar-refractivity contribution in [3.8, 4) is 5.69 Å². The van der Waals surface area contributed by atoms with Gasteiger partial charge in [0.15, 0.2) is 0 Å². The molecule has 0 saturated carbocycles. The number of ketones is 1. The second kappa shape index (κ2) is 4.83. The number of benzene rings is 1. The first kappa shape index (κ1) is 12.0. The zero-order chi connectivity index (χ0) is 13.1. The summed E-state index contributed by atoms with van der Waals surface area (Å²) in [4.78, 5) is 25.8. The summed E-state index contributed by atoms with van der Waals surface area (Å²) in [6, 6.07) is 5.45. The number of carbonyl (C=O) groups excluding carboxylic acids is 1. The van der Waals surface area contributed by atoms with E-state index < -0.39 is 11.8 Å². The normalized spacial score (nSPS) is 10.3. The molecule has 5 nitrogen and oxygen atoms in total. The smallest absolute Gasteiger partial charge is 0.372 e. The number of Topliss-reactive ketones (excluding diaryl/α,β-unsaturated/α-hetero) is 1. The molecule has 0 aliphatic heterocycles. The predicted molar refractivity (Wildman–Crippen MR) is 64.6 cm³/mol. The van der Waals surface area contributed by atoms with Crippen molar-refractivity contribution in [1.82, 2.24) is 9.55 Å². The van der Waals surface area contributed by atoms with E-state index in [0.29, 0.717) is 5.56 Å². The molecular weight excluding hydrogens is 232 g/mol. The molecule has 0 fully saturated rings. The number of aromatic nitrogens is 2. The van der Waals surface area contributed by atoms with Crippen molar-refractivity contribution in [1.29, 1.82) is 0 Å². The highest BCUT2D eigenvalue weighted by Crippen LogP contribution is 2.18. The molecule has 18 heavy (non-hydrogen) atoms. The first-order valence-electron chi connectivity index (χ1n) is 5.42. The topological polar surface area (TPSA) is 72.2 Å². The van der Waals surface area contributed by atoms with Crippen LogP contribution in [0.4, 0.5) is 0 Å². The molecule has 0 saturated heterocycles. The standard InChI is InChI=1S/C13H12N2O3/c1-9-10(7-12(16)13(17)18)3-2-4-11(9)15-6-5-14-8-15/h2-6,8H,7H2,1H3,(H,17,18). The SMILES string of the molecule is Cc1c(CC(=O)C(=O)O)cccc1-n1ccnc1. The van der Waals surface area contributed by atoms with E-state index in [1.807, 2.05) is 17.6 Å². The second-order valence-corrected chi connectivity index (χ2v) is 3.94. The van der Waals surface area contributed by atoms with Gasteiger partial charge in [0.2, 0.25) is 5.78 Å². The summed E-state index contributed by atoms with van der Waals surface area (Å²) in [6.45, 7) is 1.86. The van der Waals surface area contributed by atoms with Gasteiger partial charge < -0.3 is 9.67 Å². The average molecular weight is 244 g/mol. The van der Waals surface area contributed by atoms with E-state index in [1.165, 1.54) is 0 Å². The molecule has 1 N–H and O–H groups in total. The van der Waals surface area contributed by atoms with Crippen LogP contribution in [-0.4, -0.2) is 26.4 Å². The minimum atomic E-state index is -1.40. The van der Waals surface area contributed by atoms with E-state index in [1.54, 1.807) is 30.9 Å². The van der Waals surface area contributed by atoms with E-state index in [9.17, 15) is 9.59 Å². The number of nitrogens with zero attached hydrogens (tertiary/aromatic N) is 2. The molecular formula is C13H12N2O3. The van der Waals surface area contributed by atoms with Gasteiger partial charge in [-0.15, -0.1) is 0 Å². The maximum absolute atomic E-state index is 11.2. The first-order valence-corrected chi connectivity index (χ1v) is 5.42. The summed E-state index contributed by atoms with van der Waals surface area (Å²) in [6.07, 6.45) is 5.02. The van der Waals surface area contributed by atoms with Gasteiger partial charge in [0, 0.05) is 24.5 Å². The Morgan fingerprint density at radius 1 is 1.39 bits per heavy atom. The highest BCUT2D eigenvalue weighted by atomic mass is 16.4. The lowest BCUT2D eigenvalue weighted by atomic mass is 10.0. The fourth-order valence-electron chi connectivity index (χ4n) is 1.79. The summed E-state index contributed by atoms with van der Waals surface area (Å²) >= 11 is 0. The van der Waals surface area contributed by atoms with Gasteiger partial charge in [0.1, 0.15) is 0 Å². The fraction of sp³-hybridized carbons (Fsp3) is 0.154. The number of hydrogen-bond donors (Lipinski definition) is 1. The lowest BCUT2D eigenvalue weighted by molar-refractivity contribution is -0.148. The van der Waals surface area contributed by atoms with Crippen LogP contribution in [0.5, 0.6) is 0 Å². The first-order chi connectivity index (χ1) is 8.59. The van der Waals surface area contributed by atoms with Gasteiger partial charge in [-0.3, -0.25) is 4.79 Å². The van der Waals surface area contributed by atoms with Crippen molar-refractivity contribution in [2.75, 3.05) is 0 Å². The molecule has 0 atom stereocenters. The van der Waals surface area contributed by atoms with Crippen LogP contribution in [0.15, 0.2) is 36.9 Å². The van der Waals surface area contributed by atoms with Crippen molar-refractivity contribution in [2.24, 2.45) is 0 Å². The summed E-state index contributed by atoms with van der Waals surface area (Å²) < 4.78 is 1.82. The highest BCUT2D eigenvalue weighted by Gasteiger charge is 2.14. The largest absolute Gasteiger partial charge is 0.475 e. The summed E-state index contributed by atoms with van der Waals surface area (Å²) in [7, 11) is 0. The van der Waals surface area contributed by atoms with Crippen LogP contribution in [0.3, 0.4) is 0 Å². The van der Waals surface area contributed by atoms with Crippen LogP contribution >= 0.6 is 0 Å². The van der Waals surface area contributed by atoms with Gasteiger partial charge >= 0.3 is 5.97 Å². The van der Waals surface area contributed by atoms with E-state index in [0.717, 1.165) is 11.3 Å². The van der Waals surface area contributed by atoms with E-state index in [2.05, 4.69) is 4.98 Å². The van der Waals surface area contributed by atoms with Crippen LogP contribution in [-0.2, 0) is 16.0 Å². The van der Waals surface area contributed by atoms with Crippen molar-refractivity contribution in [3.05, 3.63) is 48.0 Å². The molecule has 0 radical (unpaired) electrons. The summed E-state index contributed by atoms with van der Waals surface area (Å²) in [5.41, 5.74) is 2.49. The monoisotopic (exact) mass is 244 g/mol. The van der Waals surface area contributed by atoms with Crippen molar-refractivity contribution in [2.45, 2.75) is 13.3 Å². The fourth-order valence-corrected chi connectivity index (χ4v) is 1.79. The molecule has 0 aliphatic carbocycles. The zero-order valence-corrected chi connectivity index (χ0v) is 9.83. The van der Waals surface area contributed by atoms with Crippen LogP contribution in [0.2, 0.25) is 0 Å². The Labute approximate surface area is 104 Å². The quantitative estimate of drug-likeness (QED) is 0.824. The molecule has 0 aliphatic rings. The Morgan fingerprint density at radius 2 is 2.17 bits per heavy atom. The molecule has 2 rings (SSSR count). The Kier molecular flexibility index (Phi) is 3.23. The van der Waals surface area contributed by atoms with Crippen LogP contribution in [0.25, 0.3) is 5.69 Å². The Bertz CT molecular complexity index is 588. The number of imidazole rings is 1. The van der Waals surface area contributed by atoms with Crippen LogP contribution in [0.1, 0.15) is 11.1 Å². The third-order valence-electron chi connectivity index (χ3n) is 2.79. The predicted octanol–water partition coefficient (Wildman–Crippen LogP) is 1.38. The second-order valence-electron chi connectivity index (χ2n) is 3.94. The minimum Gasteiger partial charge on any atom is -0.475 e. The Hall–Kier alpha value is -2.43. The van der Waals surface area contributed by atoms with E-state index in [-0.39, 0.29) is 6.42 Å². The number of rotatable bonds is 4. The van der Waals surface area contributed by atoms with Gasteiger partial charge in [0.05, 0.1) is 6.33 Å². The number of aliphatic carboxylic acids is 1. The molecule has 0 spiro atoms. The summed E-state index contributed by atoms with van der Waals surface area (Å²) in [5.74, 6) is -2.21. The Balaban J connectivity index is 2.37. The van der Waals surface area contributed by atoms with E-state index >= 15 is 0 Å². The number of carboxylic acids is 1. The number of carboxylic acid groups (broad SMARTS) is 1. The minimum absolute atomic E-state index is 0.0935. The third kappa shape index (κ3) is 2.29. The van der Waals surface area contributed by atoms with Crippen molar-refractivity contribution < 1.29 is 14.7 Å². The maximum atomic E-state index is 11.2. The van der Waals surface area contributed by atoms with Crippen LogP contribution in [0, 0.1) is 6.92 Å². The molecule has 1 heterocycles. The molecule has 5 heteroatoms. The third-order valence-corrected chi connectivity index (χ3v) is 2.79. The van der Waals surface area contributed by atoms with Gasteiger partial charge in [-0.1, -0.05) is 12.1 Å². The maximum Gasteiger partial charge on any atom is 0.372 e. The molecule has 1 aromatic heterocycles. The zero-order valence-electron chi connectivity index (χ0n) is 9.83. The van der Waals surface area contributed by atoms with Gasteiger partial charge in [-0.05, 0) is 24.1 Å². The highest BCUT2D eigenvalue weighted by molar-refractivity contribution is 6.33. The van der Waals surface area contributed by atoms with Gasteiger partial charge in [-0.25, -0.2) is 9.78 Å². The Morgan fingerprint density at radius 3 is 2.78 bits per heavy atom.